The third-order valence-corrected chi connectivity index (χ3v) is 6.28. The van der Waals surface area contributed by atoms with Gasteiger partial charge in [0.05, 0.1) is 10.4 Å². The molecule has 2 atom stereocenters. The first-order valence-electron chi connectivity index (χ1n) is 7.63. The van der Waals surface area contributed by atoms with Crippen molar-refractivity contribution in [3.05, 3.63) is 36.5 Å². The minimum atomic E-state index is -3.57. The van der Waals surface area contributed by atoms with E-state index in [0.29, 0.717) is 22.3 Å². The Bertz CT molecular complexity index is 769. The Morgan fingerprint density at radius 1 is 1.27 bits per heavy atom. The summed E-state index contributed by atoms with van der Waals surface area (Å²) < 4.78 is 27.9. The average molecular weight is 319 g/mol. The quantitative estimate of drug-likeness (QED) is 0.940. The first-order valence-corrected chi connectivity index (χ1v) is 9.07. The molecule has 1 aromatic heterocycles. The van der Waals surface area contributed by atoms with Crippen molar-refractivity contribution >= 4 is 20.9 Å². The fourth-order valence-corrected chi connectivity index (χ4v) is 5.16. The standard InChI is InChI=1S/C16H21N3O2S/c1-12(17)15-8-2-3-11-19(15)22(20,21)16-9-4-7-14-13(16)6-5-10-18-14/h4-7,9-10,12,15H,2-3,8,11,17H2,1H3/t12-,15+/m1/s1. The van der Waals surface area contributed by atoms with E-state index in [1.807, 2.05) is 13.0 Å². The normalized spacial score (nSPS) is 21.8. The van der Waals surface area contributed by atoms with E-state index >= 15 is 0 Å². The number of hydrogen-bond acceptors (Lipinski definition) is 4. The number of fused-ring (bicyclic) bond motifs is 1. The number of piperidine rings is 1. The van der Waals surface area contributed by atoms with Crippen LogP contribution in [0.15, 0.2) is 41.4 Å². The van der Waals surface area contributed by atoms with Gasteiger partial charge in [0.1, 0.15) is 0 Å². The van der Waals surface area contributed by atoms with E-state index in [2.05, 4.69) is 4.98 Å². The number of aromatic nitrogens is 1. The number of hydrogen-bond donors (Lipinski definition) is 1. The maximum Gasteiger partial charge on any atom is 0.244 e. The molecule has 2 aromatic rings. The van der Waals surface area contributed by atoms with E-state index in [-0.39, 0.29) is 12.1 Å². The van der Waals surface area contributed by atoms with Crippen LogP contribution in [0.25, 0.3) is 10.9 Å². The largest absolute Gasteiger partial charge is 0.326 e. The van der Waals surface area contributed by atoms with Crippen LogP contribution in [0.5, 0.6) is 0 Å². The Labute approximate surface area is 131 Å². The highest BCUT2D eigenvalue weighted by atomic mass is 32.2. The Hall–Kier alpha value is -1.50. The van der Waals surface area contributed by atoms with Crippen molar-refractivity contribution in [3.63, 3.8) is 0 Å². The lowest BCUT2D eigenvalue weighted by Gasteiger charge is -2.37. The number of nitrogens with two attached hydrogens (primary N) is 1. The van der Waals surface area contributed by atoms with Crippen molar-refractivity contribution < 1.29 is 8.42 Å². The molecule has 118 valence electrons. The van der Waals surface area contributed by atoms with Crippen molar-refractivity contribution in [1.29, 1.82) is 0 Å². The van der Waals surface area contributed by atoms with Crippen LogP contribution in [0.4, 0.5) is 0 Å². The van der Waals surface area contributed by atoms with Crippen molar-refractivity contribution in [3.8, 4) is 0 Å². The summed E-state index contributed by atoms with van der Waals surface area (Å²) in [5.74, 6) is 0. The summed E-state index contributed by atoms with van der Waals surface area (Å²) in [5, 5.41) is 0.666. The number of benzene rings is 1. The highest BCUT2D eigenvalue weighted by Gasteiger charge is 2.36. The molecule has 1 saturated heterocycles. The highest BCUT2D eigenvalue weighted by Crippen LogP contribution is 2.30. The van der Waals surface area contributed by atoms with E-state index in [0.717, 1.165) is 19.3 Å². The van der Waals surface area contributed by atoms with Gasteiger partial charge < -0.3 is 5.73 Å². The Morgan fingerprint density at radius 2 is 2.09 bits per heavy atom. The predicted octanol–water partition coefficient (Wildman–Crippen LogP) is 2.13. The maximum atomic E-state index is 13.2. The van der Waals surface area contributed by atoms with Gasteiger partial charge >= 0.3 is 0 Å². The smallest absolute Gasteiger partial charge is 0.244 e. The topological polar surface area (TPSA) is 76.3 Å². The predicted molar refractivity (Wildman–Crippen MR) is 86.9 cm³/mol. The SMILES string of the molecule is C[C@@H](N)[C@@H]1CCCCN1S(=O)(=O)c1cccc2ncccc12. The van der Waals surface area contributed by atoms with Crippen LogP contribution in [-0.2, 0) is 10.0 Å². The van der Waals surface area contributed by atoms with Crippen molar-refractivity contribution in [1.82, 2.24) is 9.29 Å². The lowest BCUT2D eigenvalue weighted by Crippen LogP contribution is -2.51. The van der Waals surface area contributed by atoms with Crippen LogP contribution in [0.2, 0.25) is 0 Å². The van der Waals surface area contributed by atoms with Crippen molar-refractivity contribution in [2.45, 2.75) is 43.2 Å². The molecule has 0 spiro atoms. The van der Waals surface area contributed by atoms with Gasteiger partial charge in [-0.2, -0.15) is 4.31 Å². The van der Waals surface area contributed by atoms with Crippen LogP contribution in [0.1, 0.15) is 26.2 Å². The van der Waals surface area contributed by atoms with Gasteiger partial charge in [-0.1, -0.05) is 12.5 Å². The molecule has 1 aliphatic rings. The van der Waals surface area contributed by atoms with Crippen LogP contribution in [0, 0.1) is 0 Å². The number of pyridine rings is 1. The molecule has 0 unspecified atom stereocenters. The third kappa shape index (κ3) is 2.62. The third-order valence-electron chi connectivity index (χ3n) is 4.30. The maximum absolute atomic E-state index is 13.2. The molecule has 3 rings (SSSR count). The van der Waals surface area contributed by atoms with Crippen molar-refractivity contribution in [2.75, 3.05) is 6.54 Å². The van der Waals surface area contributed by atoms with Gasteiger partial charge in [0, 0.05) is 30.2 Å². The molecular formula is C16H21N3O2S. The van der Waals surface area contributed by atoms with Gasteiger partial charge in [0.2, 0.25) is 10.0 Å². The summed E-state index contributed by atoms with van der Waals surface area (Å²) in [4.78, 5) is 4.57. The summed E-state index contributed by atoms with van der Waals surface area (Å²) in [6.45, 7) is 2.41. The summed E-state index contributed by atoms with van der Waals surface area (Å²) in [7, 11) is -3.57. The fraction of sp³-hybridized carbons (Fsp3) is 0.438. The Morgan fingerprint density at radius 3 is 2.86 bits per heavy atom. The van der Waals surface area contributed by atoms with Crippen LogP contribution >= 0.6 is 0 Å². The lowest BCUT2D eigenvalue weighted by atomic mass is 10.00. The molecule has 2 heterocycles. The Kier molecular flexibility index (Phi) is 4.16. The van der Waals surface area contributed by atoms with E-state index in [1.54, 1.807) is 34.8 Å². The summed E-state index contributed by atoms with van der Waals surface area (Å²) >= 11 is 0. The molecule has 0 aliphatic carbocycles. The lowest BCUT2D eigenvalue weighted by molar-refractivity contribution is 0.227. The molecule has 22 heavy (non-hydrogen) atoms. The second kappa shape index (κ2) is 5.95. The molecule has 0 radical (unpaired) electrons. The van der Waals surface area contributed by atoms with E-state index in [9.17, 15) is 8.42 Å². The molecule has 5 nitrogen and oxygen atoms in total. The van der Waals surface area contributed by atoms with Gasteiger partial charge in [-0.25, -0.2) is 8.42 Å². The molecule has 6 heteroatoms. The van der Waals surface area contributed by atoms with Crippen LogP contribution < -0.4 is 5.73 Å². The molecular weight excluding hydrogens is 298 g/mol. The molecule has 0 saturated carbocycles. The molecule has 0 amide bonds. The zero-order valence-corrected chi connectivity index (χ0v) is 13.5. The second-order valence-electron chi connectivity index (χ2n) is 5.86. The first kappa shape index (κ1) is 15.4. The van der Waals surface area contributed by atoms with E-state index in [4.69, 9.17) is 5.73 Å². The van der Waals surface area contributed by atoms with Gasteiger partial charge in [0.15, 0.2) is 0 Å². The van der Waals surface area contributed by atoms with E-state index < -0.39 is 10.0 Å². The van der Waals surface area contributed by atoms with Crippen molar-refractivity contribution in [2.24, 2.45) is 5.73 Å². The van der Waals surface area contributed by atoms with E-state index in [1.165, 1.54) is 0 Å². The van der Waals surface area contributed by atoms with Gasteiger partial charge in [-0.15, -0.1) is 0 Å². The fourth-order valence-electron chi connectivity index (χ4n) is 3.18. The molecule has 1 fully saturated rings. The van der Waals surface area contributed by atoms with Crippen LogP contribution in [0.3, 0.4) is 0 Å². The first-order chi connectivity index (χ1) is 10.5. The number of rotatable bonds is 3. The molecule has 0 bridgehead atoms. The molecule has 1 aliphatic heterocycles. The zero-order valence-electron chi connectivity index (χ0n) is 12.6. The Balaban J connectivity index is 2.11. The van der Waals surface area contributed by atoms with Crippen LogP contribution in [-0.4, -0.2) is 36.3 Å². The number of nitrogens with zero attached hydrogens (tertiary/aromatic N) is 2. The molecule has 1 aromatic carbocycles. The monoisotopic (exact) mass is 319 g/mol. The zero-order chi connectivity index (χ0) is 15.7. The van der Waals surface area contributed by atoms with Gasteiger partial charge in [0.25, 0.3) is 0 Å². The second-order valence-corrected chi connectivity index (χ2v) is 7.72. The highest BCUT2D eigenvalue weighted by molar-refractivity contribution is 7.89. The van der Waals surface area contributed by atoms with Gasteiger partial charge in [-0.3, -0.25) is 4.98 Å². The summed E-state index contributed by atoms with van der Waals surface area (Å²) in [6.07, 6.45) is 4.39. The average Bonchev–Trinajstić information content (AvgIpc) is 2.54. The minimum absolute atomic E-state index is 0.134. The summed E-state index contributed by atoms with van der Waals surface area (Å²) in [5.41, 5.74) is 6.72. The minimum Gasteiger partial charge on any atom is -0.326 e. The van der Waals surface area contributed by atoms with Gasteiger partial charge in [-0.05, 0) is 44.0 Å². The number of sulfonamides is 1. The summed E-state index contributed by atoms with van der Waals surface area (Å²) in [6, 6.07) is 8.49. The molecule has 2 N–H and O–H groups in total.